The van der Waals surface area contributed by atoms with Gasteiger partial charge in [-0.1, -0.05) is 12.1 Å². The summed E-state index contributed by atoms with van der Waals surface area (Å²) in [7, 11) is 5.52. The second kappa shape index (κ2) is 7.11. The van der Waals surface area contributed by atoms with E-state index >= 15 is 0 Å². The first kappa shape index (κ1) is 17.2. The minimum atomic E-state index is -0.452. The van der Waals surface area contributed by atoms with Crippen molar-refractivity contribution in [3.8, 4) is 0 Å². The number of nitrogens with zero attached hydrogens (tertiary/aromatic N) is 2. The predicted octanol–water partition coefficient (Wildman–Crippen LogP) is 2.20. The number of rotatable bonds is 4. The largest absolute Gasteiger partial charge is 0.469 e. The molecule has 2 aliphatic rings. The summed E-state index contributed by atoms with van der Waals surface area (Å²) in [5, 5.41) is 10.5. The molecule has 1 aliphatic heterocycles. The maximum atomic E-state index is 11.8. The Morgan fingerprint density at radius 3 is 2.83 bits per heavy atom. The first-order valence-electron chi connectivity index (χ1n) is 8.80. The van der Waals surface area contributed by atoms with Gasteiger partial charge in [-0.3, -0.25) is 9.69 Å². The van der Waals surface area contributed by atoms with Crippen molar-refractivity contribution >= 4 is 11.7 Å². The molecule has 5 nitrogen and oxygen atoms in total. The van der Waals surface area contributed by atoms with Gasteiger partial charge in [0.05, 0.1) is 19.1 Å². The highest BCUT2D eigenvalue weighted by Gasteiger charge is 2.44. The van der Waals surface area contributed by atoms with Crippen LogP contribution in [0.4, 0.5) is 5.69 Å². The third-order valence-electron chi connectivity index (χ3n) is 5.52. The monoisotopic (exact) mass is 332 g/mol. The van der Waals surface area contributed by atoms with Crippen LogP contribution in [0, 0.1) is 5.92 Å². The highest BCUT2D eigenvalue weighted by atomic mass is 16.5. The van der Waals surface area contributed by atoms with Gasteiger partial charge in [-0.25, -0.2) is 0 Å². The summed E-state index contributed by atoms with van der Waals surface area (Å²) in [6, 6.07) is 8.99. The summed E-state index contributed by atoms with van der Waals surface area (Å²) in [6.07, 6.45) is 2.98. The third kappa shape index (κ3) is 3.28. The van der Waals surface area contributed by atoms with Gasteiger partial charge in [-0.05, 0) is 49.9 Å². The van der Waals surface area contributed by atoms with Gasteiger partial charge in [-0.15, -0.1) is 0 Å². The molecule has 1 aromatic carbocycles. The summed E-state index contributed by atoms with van der Waals surface area (Å²) < 4.78 is 4.87. The number of esters is 1. The van der Waals surface area contributed by atoms with E-state index in [2.05, 4.69) is 34.1 Å². The van der Waals surface area contributed by atoms with Gasteiger partial charge < -0.3 is 14.7 Å². The van der Waals surface area contributed by atoms with Gasteiger partial charge >= 0.3 is 5.97 Å². The van der Waals surface area contributed by atoms with E-state index in [1.807, 2.05) is 14.1 Å². The maximum Gasteiger partial charge on any atom is 0.308 e. The lowest BCUT2D eigenvalue weighted by molar-refractivity contribution is -0.145. The number of hydrogen-bond acceptors (Lipinski definition) is 5. The zero-order chi connectivity index (χ0) is 17.3. The van der Waals surface area contributed by atoms with Crippen LogP contribution in [0.1, 0.15) is 37.3 Å². The first-order chi connectivity index (χ1) is 11.5. The number of aliphatic hydroxyl groups excluding tert-OH is 1. The Bertz CT molecular complexity index is 590. The average molecular weight is 332 g/mol. The van der Waals surface area contributed by atoms with Crippen LogP contribution in [0.5, 0.6) is 0 Å². The SMILES string of the molecule is COC(=O)[C@H]1C[C@@H](N2CCC[C@H]2c2cccc(N(C)C)c2)[C@@H](O)C1. The summed E-state index contributed by atoms with van der Waals surface area (Å²) >= 11 is 0. The lowest BCUT2D eigenvalue weighted by Crippen LogP contribution is -2.40. The standard InChI is InChI=1S/C19H28N2O3/c1-20(2)15-7-4-6-13(10-15)16-8-5-9-21(16)17-11-14(12-18(17)22)19(23)24-3/h4,6-7,10,14,16-18,22H,5,8-9,11-12H2,1-3H3/t14-,16-,17+,18-/m0/s1. The Labute approximate surface area is 144 Å². The molecule has 2 fully saturated rings. The number of anilines is 1. The highest BCUT2D eigenvalue weighted by molar-refractivity contribution is 5.72. The quantitative estimate of drug-likeness (QED) is 0.857. The molecule has 24 heavy (non-hydrogen) atoms. The minimum absolute atomic E-state index is 0.0459. The summed E-state index contributed by atoms with van der Waals surface area (Å²) in [5.74, 6) is -0.369. The first-order valence-corrected chi connectivity index (χ1v) is 8.80. The van der Waals surface area contributed by atoms with E-state index in [9.17, 15) is 9.90 Å². The number of carbonyl (C=O) groups is 1. The predicted molar refractivity (Wildman–Crippen MR) is 94.0 cm³/mol. The smallest absolute Gasteiger partial charge is 0.308 e. The number of likely N-dealkylation sites (tertiary alicyclic amines) is 1. The lowest BCUT2D eigenvalue weighted by atomic mass is 10.0. The molecule has 1 aromatic rings. The number of ether oxygens (including phenoxy) is 1. The Kier molecular flexibility index (Phi) is 5.11. The van der Waals surface area contributed by atoms with Crippen molar-refractivity contribution in [2.75, 3.05) is 32.6 Å². The van der Waals surface area contributed by atoms with Crippen LogP contribution in [0.3, 0.4) is 0 Å². The molecule has 0 amide bonds. The van der Waals surface area contributed by atoms with Gasteiger partial charge in [0.15, 0.2) is 0 Å². The Morgan fingerprint density at radius 2 is 2.12 bits per heavy atom. The van der Waals surface area contributed by atoms with Crippen molar-refractivity contribution in [1.29, 1.82) is 0 Å². The Hall–Kier alpha value is -1.59. The molecule has 1 aliphatic carbocycles. The molecule has 0 bridgehead atoms. The van der Waals surface area contributed by atoms with Gasteiger partial charge in [0.1, 0.15) is 0 Å². The number of carbonyl (C=O) groups excluding carboxylic acids is 1. The molecule has 1 heterocycles. The van der Waals surface area contributed by atoms with E-state index in [0.717, 1.165) is 19.4 Å². The Balaban J connectivity index is 1.78. The van der Waals surface area contributed by atoms with Gasteiger partial charge in [0.25, 0.3) is 0 Å². The zero-order valence-electron chi connectivity index (χ0n) is 14.8. The molecule has 0 radical (unpaired) electrons. The fraction of sp³-hybridized carbons (Fsp3) is 0.632. The van der Waals surface area contributed by atoms with Crippen LogP contribution in [0.15, 0.2) is 24.3 Å². The molecule has 132 valence electrons. The topological polar surface area (TPSA) is 53.0 Å². The van der Waals surface area contributed by atoms with Gasteiger partial charge in [0.2, 0.25) is 0 Å². The fourth-order valence-electron chi connectivity index (χ4n) is 4.26. The van der Waals surface area contributed by atoms with Crippen molar-refractivity contribution < 1.29 is 14.6 Å². The van der Waals surface area contributed by atoms with Crippen molar-refractivity contribution in [2.45, 2.75) is 43.9 Å². The van der Waals surface area contributed by atoms with Gasteiger partial charge in [0, 0.05) is 31.9 Å². The molecule has 1 N–H and O–H groups in total. The summed E-state index contributed by atoms with van der Waals surface area (Å²) in [4.78, 5) is 16.4. The third-order valence-corrected chi connectivity index (χ3v) is 5.52. The molecule has 4 atom stereocenters. The van der Waals surface area contributed by atoms with E-state index in [1.165, 1.54) is 18.4 Å². The second-order valence-electron chi connectivity index (χ2n) is 7.21. The van der Waals surface area contributed by atoms with Crippen molar-refractivity contribution in [2.24, 2.45) is 5.92 Å². The lowest BCUT2D eigenvalue weighted by Gasteiger charge is -2.33. The van der Waals surface area contributed by atoms with Crippen molar-refractivity contribution in [3.05, 3.63) is 29.8 Å². The van der Waals surface area contributed by atoms with Crippen molar-refractivity contribution in [3.63, 3.8) is 0 Å². The normalized spacial score (nSPS) is 30.5. The van der Waals surface area contributed by atoms with Crippen LogP contribution >= 0.6 is 0 Å². The van der Waals surface area contributed by atoms with E-state index in [0.29, 0.717) is 18.9 Å². The van der Waals surface area contributed by atoms with Crippen molar-refractivity contribution in [1.82, 2.24) is 4.90 Å². The number of methoxy groups -OCH3 is 1. The fourth-order valence-corrected chi connectivity index (χ4v) is 4.26. The average Bonchev–Trinajstić information content (AvgIpc) is 3.20. The number of aliphatic hydroxyl groups is 1. The van der Waals surface area contributed by atoms with Crippen LogP contribution in [0.2, 0.25) is 0 Å². The molecular formula is C19H28N2O3. The van der Waals surface area contributed by atoms with E-state index in [-0.39, 0.29) is 17.9 Å². The Morgan fingerprint density at radius 1 is 1.33 bits per heavy atom. The summed E-state index contributed by atoms with van der Waals surface area (Å²) in [6.45, 7) is 0.979. The second-order valence-corrected chi connectivity index (χ2v) is 7.21. The molecule has 5 heteroatoms. The molecule has 3 rings (SSSR count). The van der Waals surface area contributed by atoms with Crippen LogP contribution in [0.25, 0.3) is 0 Å². The highest BCUT2D eigenvalue weighted by Crippen LogP contribution is 2.40. The van der Waals surface area contributed by atoms with E-state index in [4.69, 9.17) is 4.74 Å². The van der Waals surface area contributed by atoms with Crippen LogP contribution < -0.4 is 4.90 Å². The zero-order valence-corrected chi connectivity index (χ0v) is 14.8. The van der Waals surface area contributed by atoms with Crippen LogP contribution in [-0.4, -0.2) is 55.9 Å². The molecular weight excluding hydrogens is 304 g/mol. The molecule has 0 unspecified atom stereocenters. The van der Waals surface area contributed by atoms with Crippen LogP contribution in [-0.2, 0) is 9.53 Å². The molecule has 1 saturated carbocycles. The molecule has 0 aromatic heterocycles. The number of hydrogen-bond donors (Lipinski definition) is 1. The maximum absolute atomic E-state index is 11.8. The van der Waals surface area contributed by atoms with E-state index in [1.54, 1.807) is 0 Å². The van der Waals surface area contributed by atoms with E-state index < -0.39 is 6.10 Å². The number of benzene rings is 1. The summed E-state index contributed by atoms with van der Waals surface area (Å²) in [5.41, 5.74) is 2.49. The molecule has 0 spiro atoms. The molecule has 1 saturated heterocycles. The van der Waals surface area contributed by atoms with Gasteiger partial charge in [-0.2, -0.15) is 0 Å². The minimum Gasteiger partial charge on any atom is -0.469 e.